The molecule has 0 radical (unpaired) electrons. The Hall–Kier alpha value is -3.18. The first kappa shape index (κ1) is 29.8. The second-order valence-corrected chi connectivity index (χ2v) is 13.2. The number of aryl methyl sites for hydroxylation is 1. The number of piperidine rings is 1. The summed E-state index contributed by atoms with van der Waals surface area (Å²) in [6.07, 6.45) is 10.3. The van der Waals surface area contributed by atoms with Gasteiger partial charge < -0.3 is 15.3 Å². The molecule has 3 atom stereocenters. The van der Waals surface area contributed by atoms with Crippen molar-refractivity contribution in [3.63, 3.8) is 0 Å². The first-order chi connectivity index (χ1) is 18.8. The number of hydrogen-bond donors (Lipinski definition) is 2. The van der Waals surface area contributed by atoms with E-state index in [2.05, 4.69) is 56.4 Å². The molecule has 1 saturated heterocycles. The van der Waals surface area contributed by atoms with E-state index in [-0.39, 0.29) is 35.1 Å². The Balaban J connectivity index is 1.61. The maximum Gasteiger partial charge on any atom is 0.254 e. The van der Waals surface area contributed by atoms with Crippen molar-refractivity contribution in [3.8, 4) is 0 Å². The van der Waals surface area contributed by atoms with Crippen molar-refractivity contribution in [2.24, 2.45) is 11.8 Å². The molecule has 2 aliphatic rings. The van der Waals surface area contributed by atoms with Crippen molar-refractivity contribution in [2.45, 2.75) is 90.7 Å². The number of benzene rings is 2. The fourth-order valence-corrected chi connectivity index (χ4v) is 5.91. The average molecular weight is 543 g/mol. The molecule has 0 saturated carbocycles. The molecule has 40 heavy (non-hydrogen) atoms. The number of likely N-dealkylation sites (tertiary alicyclic amines) is 1. The number of nitrogens with one attached hydrogen (secondary N) is 1. The lowest BCUT2D eigenvalue weighted by molar-refractivity contribution is -0.123. The first-order valence-corrected chi connectivity index (χ1v) is 14.7. The quantitative estimate of drug-likeness (QED) is 0.389. The lowest BCUT2D eigenvalue weighted by atomic mass is 9.76. The number of carbonyl (C=O) groups is 2. The molecule has 214 valence electrons. The number of rotatable bonds is 7. The lowest BCUT2D eigenvalue weighted by Crippen LogP contribution is -2.55. The van der Waals surface area contributed by atoms with E-state index in [4.69, 9.17) is 0 Å². The minimum Gasteiger partial charge on any atom is -0.390 e. The predicted octanol–water partition coefficient (Wildman–Crippen LogP) is 7.21. The highest BCUT2D eigenvalue weighted by molar-refractivity contribution is 5.98. The van der Waals surface area contributed by atoms with Gasteiger partial charge in [0.05, 0.1) is 17.6 Å². The van der Waals surface area contributed by atoms with Gasteiger partial charge in [-0.25, -0.2) is 0 Å². The van der Waals surface area contributed by atoms with Gasteiger partial charge in [-0.05, 0) is 87.6 Å². The van der Waals surface area contributed by atoms with Crippen LogP contribution < -0.4 is 5.32 Å². The summed E-state index contributed by atoms with van der Waals surface area (Å²) in [5, 5.41) is 13.4. The molecule has 1 unspecified atom stereocenters. The van der Waals surface area contributed by atoms with Crippen molar-refractivity contribution in [2.75, 3.05) is 11.9 Å². The monoisotopic (exact) mass is 542 g/mol. The van der Waals surface area contributed by atoms with Crippen molar-refractivity contribution in [1.29, 1.82) is 0 Å². The van der Waals surface area contributed by atoms with Gasteiger partial charge in [0.15, 0.2) is 0 Å². The van der Waals surface area contributed by atoms with Crippen molar-refractivity contribution < 1.29 is 14.7 Å². The van der Waals surface area contributed by atoms with E-state index in [0.29, 0.717) is 18.5 Å². The second kappa shape index (κ2) is 12.1. The zero-order chi connectivity index (χ0) is 29.1. The van der Waals surface area contributed by atoms with Crippen LogP contribution in [0.2, 0.25) is 0 Å². The van der Waals surface area contributed by atoms with Gasteiger partial charge in [-0.2, -0.15) is 0 Å². The number of allylic oxidation sites excluding steroid dienone is 3. The van der Waals surface area contributed by atoms with Gasteiger partial charge in [0.2, 0.25) is 5.91 Å². The van der Waals surface area contributed by atoms with Gasteiger partial charge in [-0.1, -0.05) is 74.9 Å². The molecule has 4 rings (SSSR count). The van der Waals surface area contributed by atoms with E-state index in [0.717, 1.165) is 36.9 Å². The summed E-state index contributed by atoms with van der Waals surface area (Å²) < 4.78 is 0. The first-order valence-electron chi connectivity index (χ1n) is 14.7. The molecule has 0 spiro atoms. The highest BCUT2D eigenvalue weighted by Gasteiger charge is 2.42. The Bertz CT molecular complexity index is 1280. The smallest absolute Gasteiger partial charge is 0.254 e. The summed E-state index contributed by atoms with van der Waals surface area (Å²) >= 11 is 0. The Morgan fingerprint density at radius 1 is 1.05 bits per heavy atom. The minimum atomic E-state index is -0.709. The SMILES string of the molecule is Cc1ccccc1C(=O)N1CCC[C@H](C(=O)Nc2cccc(C(C)(C)C)c2)[C@@H]1C1C=CC(CCC(C)(C)O)=CC1. The number of aliphatic hydroxyl groups is 1. The lowest BCUT2D eigenvalue weighted by Gasteiger charge is -2.44. The Morgan fingerprint density at radius 2 is 1.80 bits per heavy atom. The van der Waals surface area contributed by atoms with Gasteiger partial charge in [-0.3, -0.25) is 9.59 Å². The molecule has 2 amide bonds. The number of carbonyl (C=O) groups excluding carboxylic acids is 2. The molecule has 1 heterocycles. The number of hydrogen-bond acceptors (Lipinski definition) is 3. The Labute approximate surface area is 240 Å². The van der Waals surface area contributed by atoms with E-state index in [1.54, 1.807) is 0 Å². The molecule has 2 N–H and O–H groups in total. The molecule has 5 nitrogen and oxygen atoms in total. The molecule has 1 aliphatic carbocycles. The van der Waals surface area contributed by atoms with E-state index < -0.39 is 5.60 Å². The molecule has 2 aromatic carbocycles. The van der Waals surface area contributed by atoms with Crippen LogP contribution in [0.25, 0.3) is 0 Å². The summed E-state index contributed by atoms with van der Waals surface area (Å²) in [6, 6.07) is 15.6. The van der Waals surface area contributed by atoms with Crippen LogP contribution in [0.4, 0.5) is 5.69 Å². The zero-order valence-electron chi connectivity index (χ0n) is 25.0. The third-order valence-electron chi connectivity index (χ3n) is 8.33. The van der Waals surface area contributed by atoms with Gasteiger partial charge in [0.25, 0.3) is 5.91 Å². The van der Waals surface area contributed by atoms with Gasteiger partial charge in [0, 0.05) is 23.7 Å². The second-order valence-electron chi connectivity index (χ2n) is 13.2. The van der Waals surface area contributed by atoms with E-state index in [1.165, 1.54) is 11.1 Å². The largest absolute Gasteiger partial charge is 0.390 e. The third kappa shape index (κ3) is 7.31. The fraction of sp³-hybridized carbons (Fsp3) is 0.486. The maximum atomic E-state index is 14.0. The number of nitrogens with zero attached hydrogens (tertiary/aromatic N) is 1. The summed E-state index contributed by atoms with van der Waals surface area (Å²) in [5.74, 6) is -0.305. The van der Waals surface area contributed by atoms with Crippen LogP contribution in [0.5, 0.6) is 0 Å². The predicted molar refractivity (Wildman–Crippen MR) is 163 cm³/mol. The molecular formula is C35H46N2O3. The standard InChI is InChI=1S/C35H46N2O3/c1-24-11-7-8-14-29(24)33(39)37-22-10-15-30(32(38)36-28-13-9-12-27(23-28)34(2,3)4)31(37)26-18-16-25(17-19-26)20-21-35(5,6)40/h7-9,11-14,16-18,23,26,30-31,40H,10,15,19-22H2,1-6H3,(H,36,38)/t26?,30-,31-/m0/s1. The topological polar surface area (TPSA) is 69.6 Å². The average Bonchev–Trinajstić information content (AvgIpc) is 2.91. The van der Waals surface area contributed by atoms with Crippen molar-refractivity contribution in [3.05, 3.63) is 89.0 Å². The molecule has 0 aromatic heterocycles. The summed E-state index contributed by atoms with van der Waals surface area (Å²) in [7, 11) is 0. The van der Waals surface area contributed by atoms with Crippen LogP contribution in [0, 0.1) is 18.8 Å². The highest BCUT2D eigenvalue weighted by Crippen LogP contribution is 2.37. The molecule has 1 aliphatic heterocycles. The summed E-state index contributed by atoms with van der Waals surface area (Å²) in [6.45, 7) is 12.8. The van der Waals surface area contributed by atoms with Crippen LogP contribution in [0.3, 0.4) is 0 Å². The van der Waals surface area contributed by atoms with Crippen LogP contribution in [0.15, 0.2) is 72.3 Å². The number of anilines is 1. The minimum absolute atomic E-state index is 0.000497. The highest BCUT2D eigenvalue weighted by atomic mass is 16.3. The molecule has 5 heteroatoms. The third-order valence-corrected chi connectivity index (χ3v) is 8.33. The maximum absolute atomic E-state index is 14.0. The van der Waals surface area contributed by atoms with E-state index in [1.807, 2.05) is 62.1 Å². The van der Waals surface area contributed by atoms with E-state index >= 15 is 0 Å². The summed E-state index contributed by atoms with van der Waals surface area (Å²) in [5.41, 5.74) is 4.09. The molecule has 2 aromatic rings. The normalized spacial score (nSPS) is 21.6. The Morgan fingerprint density at radius 3 is 2.45 bits per heavy atom. The zero-order valence-corrected chi connectivity index (χ0v) is 25.0. The molecule has 0 bridgehead atoms. The van der Waals surface area contributed by atoms with E-state index in [9.17, 15) is 14.7 Å². The molecular weight excluding hydrogens is 496 g/mol. The van der Waals surface area contributed by atoms with Crippen LogP contribution in [-0.4, -0.2) is 40.0 Å². The van der Waals surface area contributed by atoms with Crippen LogP contribution in [0.1, 0.15) is 88.2 Å². The summed E-state index contributed by atoms with van der Waals surface area (Å²) in [4.78, 5) is 29.8. The van der Waals surface area contributed by atoms with Gasteiger partial charge in [0.1, 0.15) is 0 Å². The fourth-order valence-electron chi connectivity index (χ4n) is 5.91. The van der Waals surface area contributed by atoms with Crippen molar-refractivity contribution >= 4 is 17.5 Å². The van der Waals surface area contributed by atoms with Gasteiger partial charge in [-0.15, -0.1) is 0 Å². The van der Waals surface area contributed by atoms with Crippen molar-refractivity contribution in [1.82, 2.24) is 4.90 Å². The molecule has 1 fully saturated rings. The van der Waals surface area contributed by atoms with Gasteiger partial charge >= 0.3 is 0 Å². The number of amides is 2. The van der Waals surface area contributed by atoms with Crippen LogP contribution in [-0.2, 0) is 10.2 Å². The van der Waals surface area contributed by atoms with Crippen LogP contribution >= 0.6 is 0 Å². The Kier molecular flexibility index (Phi) is 9.04.